The molecule has 0 unspecified atom stereocenters. The highest BCUT2D eigenvalue weighted by Gasteiger charge is 2.25. The Kier molecular flexibility index (Phi) is 4.29. The normalized spacial score (nSPS) is 19.9. The largest absolute Gasteiger partial charge is 0.349 e. The lowest BCUT2D eigenvalue weighted by atomic mass is 10.1. The first-order chi connectivity index (χ1) is 11.8. The molecule has 0 amide bonds. The summed E-state index contributed by atoms with van der Waals surface area (Å²) in [5.74, 6) is 2.53. The quantitative estimate of drug-likeness (QED) is 0.898. The number of hydrogen-bond acceptors (Lipinski definition) is 7. The van der Waals surface area contributed by atoms with Crippen molar-refractivity contribution >= 4 is 5.82 Å². The maximum atomic E-state index is 11.8. The predicted molar refractivity (Wildman–Crippen MR) is 87.9 cm³/mol. The number of aromatic amines is 1. The van der Waals surface area contributed by atoms with Crippen LogP contribution in [-0.2, 0) is 6.54 Å². The van der Waals surface area contributed by atoms with E-state index in [9.17, 15) is 4.79 Å². The summed E-state index contributed by atoms with van der Waals surface area (Å²) in [6, 6.07) is 0. The average molecular weight is 330 g/mol. The van der Waals surface area contributed by atoms with Gasteiger partial charge in [-0.2, -0.15) is 4.98 Å². The second-order valence-electron chi connectivity index (χ2n) is 6.54. The Hall–Kier alpha value is -2.22. The fourth-order valence-electron chi connectivity index (χ4n) is 3.56. The fraction of sp³-hybridized carbons (Fsp3) is 0.625. The van der Waals surface area contributed by atoms with Gasteiger partial charge in [0.1, 0.15) is 0 Å². The van der Waals surface area contributed by atoms with Crippen LogP contribution in [0.5, 0.6) is 0 Å². The zero-order chi connectivity index (χ0) is 16.4. The molecule has 8 nitrogen and oxygen atoms in total. The maximum absolute atomic E-state index is 11.8. The van der Waals surface area contributed by atoms with Crippen LogP contribution in [-0.4, -0.2) is 51.2 Å². The van der Waals surface area contributed by atoms with Crippen molar-refractivity contribution in [2.45, 2.75) is 38.1 Å². The second-order valence-corrected chi connectivity index (χ2v) is 6.54. The van der Waals surface area contributed by atoms with Gasteiger partial charge in [0.05, 0.1) is 6.54 Å². The number of nitrogens with one attached hydrogen (secondary N) is 1. The van der Waals surface area contributed by atoms with Gasteiger partial charge in [-0.3, -0.25) is 9.69 Å². The molecule has 2 aromatic rings. The Balaban J connectivity index is 1.33. The third kappa shape index (κ3) is 3.19. The molecule has 1 aliphatic carbocycles. The zero-order valence-electron chi connectivity index (χ0n) is 13.6. The number of nitrogens with zero attached hydrogens (tertiary/aromatic N) is 5. The lowest BCUT2D eigenvalue weighted by molar-refractivity contribution is 0.239. The molecule has 2 fully saturated rings. The van der Waals surface area contributed by atoms with Crippen LogP contribution in [0.1, 0.15) is 43.3 Å². The third-order valence-corrected chi connectivity index (χ3v) is 4.91. The molecule has 0 spiro atoms. The topological polar surface area (TPSA) is 91.2 Å². The first kappa shape index (κ1) is 15.3. The van der Waals surface area contributed by atoms with Crippen LogP contribution in [0, 0.1) is 0 Å². The zero-order valence-corrected chi connectivity index (χ0v) is 13.6. The summed E-state index contributed by atoms with van der Waals surface area (Å²) in [6.07, 6.45) is 8.03. The number of piperazine rings is 1. The van der Waals surface area contributed by atoms with E-state index < -0.39 is 0 Å². The Morgan fingerprint density at radius 1 is 1.21 bits per heavy atom. The van der Waals surface area contributed by atoms with Crippen LogP contribution in [0.15, 0.2) is 21.7 Å². The van der Waals surface area contributed by atoms with Gasteiger partial charge in [0.2, 0.25) is 5.89 Å². The summed E-state index contributed by atoms with van der Waals surface area (Å²) in [4.78, 5) is 27.6. The van der Waals surface area contributed by atoms with E-state index in [1.165, 1.54) is 25.7 Å². The summed E-state index contributed by atoms with van der Waals surface area (Å²) in [7, 11) is 0. The van der Waals surface area contributed by atoms with Crippen LogP contribution in [0.3, 0.4) is 0 Å². The van der Waals surface area contributed by atoms with E-state index in [-0.39, 0.29) is 5.56 Å². The Morgan fingerprint density at radius 2 is 2.00 bits per heavy atom. The lowest BCUT2D eigenvalue weighted by Gasteiger charge is -2.34. The van der Waals surface area contributed by atoms with E-state index in [4.69, 9.17) is 4.52 Å². The van der Waals surface area contributed by atoms with E-state index >= 15 is 0 Å². The Labute approximate surface area is 139 Å². The van der Waals surface area contributed by atoms with Gasteiger partial charge in [0.25, 0.3) is 5.56 Å². The van der Waals surface area contributed by atoms with Gasteiger partial charge in [0, 0.05) is 44.5 Å². The molecule has 128 valence electrons. The number of aromatic nitrogens is 4. The SMILES string of the molecule is O=c1[nH]ccnc1N1CCN(Cc2noc(C3CCCC3)n2)CC1. The van der Waals surface area contributed by atoms with Gasteiger partial charge < -0.3 is 14.4 Å². The van der Waals surface area contributed by atoms with Crippen molar-refractivity contribution in [1.29, 1.82) is 0 Å². The van der Waals surface area contributed by atoms with Crippen LogP contribution < -0.4 is 10.5 Å². The summed E-state index contributed by atoms with van der Waals surface area (Å²) in [6.45, 7) is 3.94. The van der Waals surface area contributed by atoms with Gasteiger partial charge in [-0.1, -0.05) is 18.0 Å². The van der Waals surface area contributed by atoms with Crippen LogP contribution in [0.4, 0.5) is 5.82 Å². The van der Waals surface area contributed by atoms with Gasteiger partial charge in [-0.25, -0.2) is 4.98 Å². The van der Waals surface area contributed by atoms with Crippen molar-refractivity contribution in [3.05, 3.63) is 34.5 Å². The molecular weight excluding hydrogens is 308 g/mol. The standard InChI is InChI=1S/C16H22N6O2/c23-15-14(17-5-6-18-15)22-9-7-21(8-10-22)11-13-19-16(24-20-13)12-3-1-2-4-12/h5-6,12H,1-4,7-11H2,(H,18,23). The van der Waals surface area contributed by atoms with Crippen LogP contribution in [0.25, 0.3) is 0 Å². The molecule has 4 rings (SSSR count). The van der Waals surface area contributed by atoms with Crippen LogP contribution in [0.2, 0.25) is 0 Å². The monoisotopic (exact) mass is 330 g/mol. The molecule has 2 aromatic heterocycles. The first-order valence-electron chi connectivity index (χ1n) is 8.63. The molecule has 2 aliphatic rings. The van der Waals surface area contributed by atoms with E-state index in [0.29, 0.717) is 18.3 Å². The fourth-order valence-corrected chi connectivity index (χ4v) is 3.56. The lowest BCUT2D eigenvalue weighted by Crippen LogP contribution is -2.47. The number of hydrogen-bond donors (Lipinski definition) is 1. The van der Waals surface area contributed by atoms with Gasteiger partial charge in [-0.05, 0) is 12.8 Å². The first-order valence-corrected chi connectivity index (χ1v) is 8.63. The molecule has 3 heterocycles. The van der Waals surface area contributed by atoms with Gasteiger partial charge in [0.15, 0.2) is 11.6 Å². The predicted octanol–water partition coefficient (Wildman–Crippen LogP) is 1.13. The van der Waals surface area contributed by atoms with E-state index in [1.807, 2.05) is 4.90 Å². The molecule has 8 heteroatoms. The number of anilines is 1. The highest BCUT2D eigenvalue weighted by Crippen LogP contribution is 2.32. The molecule has 24 heavy (non-hydrogen) atoms. The van der Waals surface area contributed by atoms with Crippen molar-refractivity contribution in [1.82, 2.24) is 25.0 Å². The van der Waals surface area contributed by atoms with Gasteiger partial charge >= 0.3 is 0 Å². The summed E-state index contributed by atoms with van der Waals surface area (Å²) in [5, 5.41) is 4.14. The van der Waals surface area contributed by atoms with Gasteiger partial charge in [-0.15, -0.1) is 0 Å². The molecule has 0 radical (unpaired) electrons. The maximum Gasteiger partial charge on any atom is 0.290 e. The molecule has 1 saturated carbocycles. The molecule has 0 atom stereocenters. The smallest absolute Gasteiger partial charge is 0.290 e. The third-order valence-electron chi connectivity index (χ3n) is 4.91. The minimum Gasteiger partial charge on any atom is -0.349 e. The minimum absolute atomic E-state index is 0.134. The average Bonchev–Trinajstić information content (AvgIpc) is 3.27. The van der Waals surface area contributed by atoms with Crippen molar-refractivity contribution in [3.8, 4) is 0 Å². The number of rotatable bonds is 4. The highest BCUT2D eigenvalue weighted by molar-refractivity contribution is 5.35. The van der Waals surface area contributed by atoms with E-state index in [0.717, 1.165) is 37.9 Å². The molecule has 0 bridgehead atoms. The van der Waals surface area contributed by atoms with Crippen molar-refractivity contribution in [3.63, 3.8) is 0 Å². The summed E-state index contributed by atoms with van der Waals surface area (Å²) in [5.41, 5.74) is -0.134. The van der Waals surface area contributed by atoms with Crippen molar-refractivity contribution in [2.24, 2.45) is 0 Å². The van der Waals surface area contributed by atoms with E-state index in [2.05, 4.69) is 25.0 Å². The van der Waals surface area contributed by atoms with Crippen LogP contribution >= 0.6 is 0 Å². The minimum atomic E-state index is -0.134. The van der Waals surface area contributed by atoms with Crippen molar-refractivity contribution in [2.75, 3.05) is 31.1 Å². The summed E-state index contributed by atoms with van der Waals surface area (Å²) < 4.78 is 5.44. The number of H-pyrrole nitrogens is 1. The molecule has 1 aliphatic heterocycles. The molecule has 1 N–H and O–H groups in total. The van der Waals surface area contributed by atoms with Crippen molar-refractivity contribution < 1.29 is 4.52 Å². The highest BCUT2D eigenvalue weighted by atomic mass is 16.5. The summed E-state index contributed by atoms with van der Waals surface area (Å²) >= 11 is 0. The molecule has 1 saturated heterocycles. The molecular formula is C16H22N6O2. The van der Waals surface area contributed by atoms with E-state index in [1.54, 1.807) is 12.4 Å². The second kappa shape index (κ2) is 6.72. The Morgan fingerprint density at radius 3 is 2.75 bits per heavy atom. The Bertz CT molecular complexity index is 728. The molecule has 0 aromatic carbocycles.